The fourth-order valence-electron chi connectivity index (χ4n) is 2.07. The summed E-state index contributed by atoms with van der Waals surface area (Å²) in [5.74, 6) is 0. The maximum atomic E-state index is 5.95. The number of hydrogen-bond donors (Lipinski definition) is 2. The van der Waals surface area contributed by atoms with Crippen molar-refractivity contribution in [2.24, 2.45) is 5.73 Å². The van der Waals surface area contributed by atoms with E-state index in [1.54, 1.807) is 6.08 Å². The molecule has 3 nitrogen and oxygen atoms in total. The van der Waals surface area contributed by atoms with Crippen LogP contribution >= 0.6 is 0 Å². The van der Waals surface area contributed by atoms with Crippen LogP contribution in [0.2, 0.25) is 0 Å². The van der Waals surface area contributed by atoms with Crippen LogP contribution < -0.4 is 11.1 Å². The van der Waals surface area contributed by atoms with E-state index in [0.29, 0.717) is 6.04 Å². The second-order valence-corrected chi connectivity index (χ2v) is 4.39. The van der Waals surface area contributed by atoms with Gasteiger partial charge in [-0.15, -0.1) is 0 Å². The molecule has 1 saturated heterocycles. The molecule has 1 aliphatic heterocycles. The molecule has 3 heteroatoms. The van der Waals surface area contributed by atoms with Gasteiger partial charge < -0.3 is 11.1 Å². The Morgan fingerprint density at radius 3 is 2.65 bits per heavy atom. The maximum absolute atomic E-state index is 5.95. The van der Waals surface area contributed by atoms with Gasteiger partial charge in [-0.05, 0) is 25.5 Å². The highest BCUT2D eigenvalue weighted by molar-refractivity contribution is 5.24. The summed E-state index contributed by atoms with van der Waals surface area (Å²) in [6.45, 7) is 12.3. The number of allylic oxidation sites excluding steroid dienone is 2. The summed E-state index contributed by atoms with van der Waals surface area (Å²) in [7, 11) is 2.04. The zero-order valence-corrected chi connectivity index (χ0v) is 10.7. The summed E-state index contributed by atoms with van der Waals surface area (Å²) in [4.78, 5) is 2.17. The van der Waals surface area contributed by atoms with Crippen LogP contribution in [0.4, 0.5) is 0 Å². The Labute approximate surface area is 104 Å². The second-order valence-electron chi connectivity index (χ2n) is 4.39. The minimum atomic E-state index is 0.154. The molecule has 17 heavy (non-hydrogen) atoms. The molecule has 1 heterocycles. The third-order valence-electron chi connectivity index (χ3n) is 3.27. The number of hydrogen-bond acceptors (Lipinski definition) is 3. The molecular weight excluding hydrogens is 210 g/mol. The molecule has 0 aromatic rings. The normalized spacial score (nSPS) is 25.6. The van der Waals surface area contributed by atoms with Gasteiger partial charge in [-0.25, -0.2) is 0 Å². The lowest BCUT2D eigenvalue weighted by atomic mass is 10.1. The molecule has 0 spiro atoms. The van der Waals surface area contributed by atoms with E-state index in [9.17, 15) is 0 Å². The lowest BCUT2D eigenvalue weighted by Gasteiger charge is -2.25. The van der Waals surface area contributed by atoms with Crippen molar-refractivity contribution >= 4 is 0 Å². The third-order valence-corrected chi connectivity index (χ3v) is 3.27. The Bertz CT molecular complexity index is 330. The zero-order valence-electron chi connectivity index (χ0n) is 10.7. The lowest BCUT2D eigenvalue weighted by Crippen LogP contribution is -2.41. The van der Waals surface area contributed by atoms with E-state index >= 15 is 0 Å². The summed E-state index contributed by atoms with van der Waals surface area (Å²) >= 11 is 0. The van der Waals surface area contributed by atoms with Gasteiger partial charge in [0.2, 0.25) is 0 Å². The number of nitrogens with zero attached hydrogens (tertiary/aromatic N) is 1. The van der Waals surface area contributed by atoms with E-state index in [4.69, 9.17) is 5.73 Å². The van der Waals surface area contributed by atoms with E-state index in [2.05, 4.69) is 30.0 Å². The Morgan fingerprint density at radius 1 is 1.47 bits per heavy atom. The predicted octanol–water partition coefficient (Wildman–Crippen LogP) is 1.77. The number of likely N-dealkylation sites (N-methyl/N-ethyl adjacent to an activating group) is 1. The number of rotatable bonds is 6. The minimum Gasteiger partial charge on any atom is -0.383 e. The third kappa shape index (κ3) is 3.58. The van der Waals surface area contributed by atoms with Crippen molar-refractivity contribution in [1.82, 2.24) is 10.2 Å². The van der Waals surface area contributed by atoms with Gasteiger partial charge >= 0.3 is 0 Å². The van der Waals surface area contributed by atoms with Gasteiger partial charge in [0.25, 0.3) is 0 Å². The van der Waals surface area contributed by atoms with Gasteiger partial charge in [0, 0.05) is 12.2 Å². The molecule has 94 valence electrons. The quantitative estimate of drug-likeness (QED) is 0.687. The minimum absolute atomic E-state index is 0.154. The first kappa shape index (κ1) is 13.7. The standard InChI is InChI=1S/C14H23N3/c1-5-7-12(6-2)10-16-11(3)13-8-9-14(15)17(13)4/h5-7,13-14,16H,1-3,8-10,15H2,4H3/b12-7+. The molecule has 3 N–H and O–H groups in total. The summed E-state index contributed by atoms with van der Waals surface area (Å²) in [6.07, 6.45) is 7.78. The highest BCUT2D eigenvalue weighted by Crippen LogP contribution is 2.22. The molecule has 0 aliphatic carbocycles. The number of nitrogens with one attached hydrogen (secondary N) is 1. The van der Waals surface area contributed by atoms with Crippen molar-refractivity contribution in [3.63, 3.8) is 0 Å². The van der Waals surface area contributed by atoms with Crippen molar-refractivity contribution in [1.29, 1.82) is 0 Å². The van der Waals surface area contributed by atoms with Crippen molar-refractivity contribution in [3.8, 4) is 0 Å². The van der Waals surface area contributed by atoms with Gasteiger partial charge in [0.1, 0.15) is 0 Å². The van der Waals surface area contributed by atoms with E-state index in [1.165, 1.54) is 0 Å². The monoisotopic (exact) mass is 233 g/mol. The largest absolute Gasteiger partial charge is 0.383 e. The molecule has 0 bridgehead atoms. The van der Waals surface area contributed by atoms with E-state index in [-0.39, 0.29) is 6.17 Å². The smallest absolute Gasteiger partial charge is 0.0575 e. The Hall–Kier alpha value is -1.32. The first-order chi connectivity index (χ1) is 8.10. The molecule has 0 saturated carbocycles. The van der Waals surface area contributed by atoms with Crippen LogP contribution in [0.1, 0.15) is 12.8 Å². The van der Waals surface area contributed by atoms with E-state index in [1.807, 2.05) is 19.2 Å². The van der Waals surface area contributed by atoms with Crippen LogP contribution in [0.15, 0.2) is 49.2 Å². The molecule has 2 atom stereocenters. The van der Waals surface area contributed by atoms with Gasteiger partial charge in [-0.3, -0.25) is 4.90 Å². The fraction of sp³-hybridized carbons (Fsp3) is 0.429. The first-order valence-electron chi connectivity index (χ1n) is 5.94. The summed E-state index contributed by atoms with van der Waals surface area (Å²) in [5, 5.41) is 3.33. The summed E-state index contributed by atoms with van der Waals surface area (Å²) in [5.41, 5.74) is 8.08. The van der Waals surface area contributed by atoms with Crippen LogP contribution in [0.3, 0.4) is 0 Å². The molecule has 0 aromatic heterocycles. The average Bonchev–Trinajstić information content (AvgIpc) is 2.65. The number of likely N-dealkylation sites (tertiary alicyclic amines) is 1. The summed E-state index contributed by atoms with van der Waals surface area (Å²) in [6, 6.07) is 0.333. The molecule has 0 aromatic carbocycles. The topological polar surface area (TPSA) is 41.3 Å². The van der Waals surface area contributed by atoms with Crippen molar-refractivity contribution in [2.45, 2.75) is 25.0 Å². The van der Waals surface area contributed by atoms with Crippen LogP contribution in [0.25, 0.3) is 0 Å². The molecule has 1 fully saturated rings. The fourth-order valence-corrected chi connectivity index (χ4v) is 2.07. The van der Waals surface area contributed by atoms with Crippen LogP contribution in [0.5, 0.6) is 0 Å². The molecule has 2 unspecified atom stereocenters. The Kier molecular flexibility index (Phi) is 5.19. The van der Waals surface area contributed by atoms with E-state index < -0.39 is 0 Å². The molecule has 1 aliphatic rings. The maximum Gasteiger partial charge on any atom is 0.0575 e. The van der Waals surface area contributed by atoms with Crippen molar-refractivity contribution in [2.75, 3.05) is 13.6 Å². The predicted molar refractivity (Wildman–Crippen MR) is 74.4 cm³/mol. The number of nitrogens with two attached hydrogens (primary N) is 1. The van der Waals surface area contributed by atoms with E-state index in [0.717, 1.165) is 30.7 Å². The van der Waals surface area contributed by atoms with Crippen molar-refractivity contribution < 1.29 is 0 Å². The lowest BCUT2D eigenvalue weighted by molar-refractivity contribution is 0.263. The average molecular weight is 233 g/mol. The molecule has 1 rings (SSSR count). The van der Waals surface area contributed by atoms with Gasteiger partial charge in [0.15, 0.2) is 0 Å². The molecule has 0 radical (unpaired) electrons. The van der Waals surface area contributed by atoms with Gasteiger partial charge in [-0.1, -0.05) is 38.0 Å². The zero-order chi connectivity index (χ0) is 12.8. The van der Waals surface area contributed by atoms with Crippen LogP contribution in [-0.4, -0.2) is 30.7 Å². The molecule has 0 amide bonds. The summed E-state index contributed by atoms with van der Waals surface area (Å²) < 4.78 is 0. The highest BCUT2D eigenvalue weighted by Gasteiger charge is 2.29. The van der Waals surface area contributed by atoms with Crippen LogP contribution in [0, 0.1) is 0 Å². The van der Waals surface area contributed by atoms with Crippen LogP contribution in [-0.2, 0) is 0 Å². The highest BCUT2D eigenvalue weighted by atomic mass is 15.3. The Morgan fingerprint density at radius 2 is 2.18 bits per heavy atom. The second kappa shape index (κ2) is 6.42. The van der Waals surface area contributed by atoms with Gasteiger partial charge in [-0.2, -0.15) is 0 Å². The Balaban J connectivity index is 2.47. The first-order valence-corrected chi connectivity index (χ1v) is 5.94. The van der Waals surface area contributed by atoms with Gasteiger partial charge in [0.05, 0.1) is 12.2 Å². The molecular formula is C14H23N3. The SMILES string of the molecule is C=C/C=C(\C=C)CNC(=C)C1CCC(N)N1C. The van der Waals surface area contributed by atoms with Crippen molar-refractivity contribution in [3.05, 3.63) is 49.2 Å².